The Hall–Kier alpha value is -2.73. The summed E-state index contributed by atoms with van der Waals surface area (Å²) >= 11 is 0. The van der Waals surface area contributed by atoms with Crippen LogP contribution < -0.4 is 5.32 Å². The second-order valence-corrected chi connectivity index (χ2v) is 6.92. The quantitative estimate of drug-likeness (QED) is 0.706. The molecule has 0 atom stereocenters. The van der Waals surface area contributed by atoms with Crippen LogP contribution in [-0.4, -0.2) is 37.6 Å². The predicted octanol–water partition coefficient (Wildman–Crippen LogP) is 3.31. The molecule has 0 bridgehead atoms. The maximum Gasteiger partial charge on any atom is 0.159 e. The number of aliphatic hydroxyl groups excluding tert-OH is 1. The highest BCUT2D eigenvalue weighted by Crippen LogP contribution is 2.24. The molecule has 6 nitrogen and oxygen atoms in total. The van der Waals surface area contributed by atoms with Gasteiger partial charge >= 0.3 is 0 Å². The number of carbonyl (C=O) groups is 1. The zero-order valence-corrected chi connectivity index (χ0v) is 14.7. The van der Waals surface area contributed by atoms with Gasteiger partial charge in [0.05, 0.1) is 18.0 Å². The number of fused-ring (bicyclic) bond motifs is 1. The third kappa shape index (κ3) is 3.32. The first-order chi connectivity index (χ1) is 12.6. The smallest absolute Gasteiger partial charge is 0.159 e. The standard InChI is InChI=1S/C20H22N4O2/c1-13(25)14-3-2-4-15(11-14)18-12-21-20-10-9-19(23-24(18)20)22-16-5-7-17(26)8-6-16/h2-4,9-12,16-17,26H,5-8H2,1H3,(H,22,23). The fourth-order valence-electron chi connectivity index (χ4n) is 3.47. The summed E-state index contributed by atoms with van der Waals surface area (Å²) in [6.07, 6.45) is 5.15. The molecule has 0 aliphatic heterocycles. The van der Waals surface area contributed by atoms with E-state index in [1.54, 1.807) is 17.6 Å². The third-order valence-corrected chi connectivity index (χ3v) is 4.98. The fourth-order valence-corrected chi connectivity index (χ4v) is 3.47. The Morgan fingerprint density at radius 3 is 2.77 bits per heavy atom. The lowest BCUT2D eigenvalue weighted by Gasteiger charge is -2.26. The zero-order valence-electron chi connectivity index (χ0n) is 14.7. The summed E-state index contributed by atoms with van der Waals surface area (Å²) in [5.74, 6) is 0.830. The molecule has 0 unspecified atom stereocenters. The van der Waals surface area contributed by atoms with E-state index in [0.717, 1.165) is 48.4 Å². The number of Topliss-reactive ketones (excluding diaryl/α,β-unsaturated/α-hetero) is 1. The number of hydrogen-bond donors (Lipinski definition) is 2. The molecule has 134 valence electrons. The van der Waals surface area contributed by atoms with Gasteiger partial charge in [-0.25, -0.2) is 9.50 Å². The van der Waals surface area contributed by atoms with E-state index in [9.17, 15) is 9.90 Å². The minimum Gasteiger partial charge on any atom is -0.393 e. The second-order valence-electron chi connectivity index (χ2n) is 6.92. The summed E-state index contributed by atoms with van der Waals surface area (Å²) in [6, 6.07) is 11.7. The summed E-state index contributed by atoms with van der Waals surface area (Å²) < 4.78 is 1.80. The highest BCUT2D eigenvalue weighted by atomic mass is 16.3. The number of rotatable bonds is 4. The molecule has 4 rings (SSSR count). The minimum absolute atomic E-state index is 0.0375. The van der Waals surface area contributed by atoms with Crippen molar-refractivity contribution in [2.45, 2.75) is 44.8 Å². The maximum absolute atomic E-state index is 11.7. The molecule has 0 spiro atoms. The van der Waals surface area contributed by atoms with Crippen LogP contribution in [0, 0.1) is 0 Å². The van der Waals surface area contributed by atoms with E-state index < -0.39 is 0 Å². The van der Waals surface area contributed by atoms with E-state index in [0.29, 0.717) is 11.6 Å². The molecule has 6 heteroatoms. The van der Waals surface area contributed by atoms with Gasteiger partial charge in [0.1, 0.15) is 5.82 Å². The van der Waals surface area contributed by atoms with Crippen molar-refractivity contribution in [1.82, 2.24) is 14.6 Å². The van der Waals surface area contributed by atoms with Gasteiger partial charge in [-0.05, 0) is 50.8 Å². The van der Waals surface area contributed by atoms with Gasteiger partial charge in [0.25, 0.3) is 0 Å². The molecule has 2 N–H and O–H groups in total. The molecule has 2 aromatic heterocycles. The fraction of sp³-hybridized carbons (Fsp3) is 0.350. The van der Waals surface area contributed by atoms with E-state index in [4.69, 9.17) is 5.10 Å². The van der Waals surface area contributed by atoms with Crippen LogP contribution in [0.3, 0.4) is 0 Å². The molecule has 1 saturated carbocycles. The Bertz CT molecular complexity index is 942. The zero-order chi connectivity index (χ0) is 18.1. The van der Waals surface area contributed by atoms with Crippen molar-refractivity contribution in [3.63, 3.8) is 0 Å². The number of carbonyl (C=O) groups excluding carboxylic acids is 1. The molecule has 0 radical (unpaired) electrons. The molecular weight excluding hydrogens is 328 g/mol. The summed E-state index contributed by atoms with van der Waals surface area (Å²) in [7, 11) is 0. The van der Waals surface area contributed by atoms with Gasteiger partial charge in [-0.1, -0.05) is 18.2 Å². The van der Waals surface area contributed by atoms with Crippen molar-refractivity contribution in [2.24, 2.45) is 0 Å². The molecule has 1 aromatic carbocycles. The molecular formula is C20H22N4O2. The predicted molar refractivity (Wildman–Crippen MR) is 100 cm³/mol. The second kappa shape index (κ2) is 6.88. The van der Waals surface area contributed by atoms with Crippen molar-refractivity contribution in [3.8, 4) is 11.3 Å². The van der Waals surface area contributed by atoms with Crippen molar-refractivity contribution < 1.29 is 9.90 Å². The molecule has 26 heavy (non-hydrogen) atoms. The summed E-state index contributed by atoms with van der Waals surface area (Å²) in [6.45, 7) is 1.56. The molecule has 0 amide bonds. The van der Waals surface area contributed by atoms with Gasteiger partial charge in [-0.3, -0.25) is 4.79 Å². The van der Waals surface area contributed by atoms with E-state index in [-0.39, 0.29) is 11.9 Å². The van der Waals surface area contributed by atoms with Crippen LogP contribution in [0.4, 0.5) is 5.82 Å². The van der Waals surface area contributed by atoms with E-state index in [1.165, 1.54) is 0 Å². The molecule has 0 saturated heterocycles. The van der Waals surface area contributed by atoms with Crippen LogP contribution in [0.2, 0.25) is 0 Å². The maximum atomic E-state index is 11.7. The number of imidazole rings is 1. The number of nitrogens with one attached hydrogen (secondary N) is 1. The largest absolute Gasteiger partial charge is 0.393 e. The summed E-state index contributed by atoms with van der Waals surface area (Å²) in [5, 5.41) is 17.8. The number of nitrogens with zero attached hydrogens (tertiary/aromatic N) is 3. The van der Waals surface area contributed by atoms with Gasteiger partial charge in [-0.2, -0.15) is 0 Å². The summed E-state index contributed by atoms with van der Waals surface area (Å²) in [4.78, 5) is 16.1. The molecule has 3 aromatic rings. The van der Waals surface area contributed by atoms with Crippen LogP contribution in [-0.2, 0) is 0 Å². The monoisotopic (exact) mass is 350 g/mol. The van der Waals surface area contributed by atoms with Crippen molar-refractivity contribution in [3.05, 3.63) is 48.2 Å². The number of aromatic nitrogens is 3. The highest BCUT2D eigenvalue weighted by Gasteiger charge is 2.19. The first-order valence-electron chi connectivity index (χ1n) is 9.01. The lowest BCUT2D eigenvalue weighted by molar-refractivity contribution is 0.101. The SMILES string of the molecule is CC(=O)c1cccc(-c2cnc3ccc(NC4CCC(O)CC4)nn23)c1. The van der Waals surface area contributed by atoms with Crippen molar-refractivity contribution in [2.75, 3.05) is 5.32 Å². The normalized spacial score (nSPS) is 20.2. The molecule has 1 fully saturated rings. The van der Waals surface area contributed by atoms with Crippen LogP contribution in [0.25, 0.3) is 16.9 Å². The summed E-state index contributed by atoms with van der Waals surface area (Å²) in [5.41, 5.74) is 3.20. The van der Waals surface area contributed by atoms with Gasteiger partial charge in [0.2, 0.25) is 0 Å². The van der Waals surface area contributed by atoms with Gasteiger partial charge in [-0.15, -0.1) is 5.10 Å². The van der Waals surface area contributed by atoms with E-state index >= 15 is 0 Å². The van der Waals surface area contributed by atoms with Crippen LogP contribution >= 0.6 is 0 Å². The Morgan fingerprint density at radius 1 is 1.19 bits per heavy atom. The Balaban J connectivity index is 1.64. The lowest BCUT2D eigenvalue weighted by atomic mass is 9.93. The van der Waals surface area contributed by atoms with E-state index in [1.807, 2.05) is 36.4 Å². The first kappa shape index (κ1) is 16.7. The van der Waals surface area contributed by atoms with Gasteiger partial charge in [0, 0.05) is 17.2 Å². The molecule has 1 aliphatic carbocycles. The number of benzene rings is 1. The number of ketones is 1. The topological polar surface area (TPSA) is 79.5 Å². The van der Waals surface area contributed by atoms with Gasteiger partial charge in [0.15, 0.2) is 11.4 Å². The Labute approximate surface area is 151 Å². The molecule has 2 heterocycles. The first-order valence-corrected chi connectivity index (χ1v) is 9.01. The third-order valence-electron chi connectivity index (χ3n) is 4.98. The lowest BCUT2D eigenvalue weighted by Crippen LogP contribution is -2.28. The van der Waals surface area contributed by atoms with Crippen molar-refractivity contribution >= 4 is 17.2 Å². The number of hydrogen-bond acceptors (Lipinski definition) is 5. The van der Waals surface area contributed by atoms with E-state index in [2.05, 4.69) is 10.3 Å². The number of aliphatic hydroxyl groups is 1. The van der Waals surface area contributed by atoms with Crippen LogP contribution in [0.15, 0.2) is 42.6 Å². The highest BCUT2D eigenvalue weighted by molar-refractivity contribution is 5.95. The van der Waals surface area contributed by atoms with Crippen LogP contribution in [0.1, 0.15) is 43.0 Å². The Kier molecular flexibility index (Phi) is 4.42. The average molecular weight is 350 g/mol. The average Bonchev–Trinajstić information content (AvgIpc) is 3.07. The van der Waals surface area contributed by atoms with Crippen LogP contribution in [0.5, 0.6) is 0 Å². The molecule has 1 aliphatic rings. The van der Waals surface area contributed by atoms with Gasteiger partial charge < -0.3 is 10.4 Å². The number of anilines is 1. The minimum atomic E-state index is -0.169. The van der Waals surface area contributed by atoms with Crippen molar-refractivity contribution in [1.29, 1.82) is 0 Å². The Morgan fingerprint density at radius 2 is 2.00 bits per heavy atom.